The molecule has 118 valence electrons. The summed E-state index contributed by atoms with van der Waals surface area (Å²) in [7, 11) is 1.90. The number of hydrogen-bond acceptors (Lipinski definition) is 4. The molecule has 1 aliphatic rings. The van der Waals surface area contributed by atoms with Gasteiger partial charge in [0.05, 0.1) is 5.75 Å². The van der Waals surface area contributed by atoms with E-state index in [-0.39, 0.29) is 11.8 Å². The molecule has 6 heteroatoms. The zero-order chi connectivity index (χ0) is 15.2. The van der Waals surface area contributed by atoms with Crippen LogP contribution in [0.3, 0.4) is 0 Å². The van der Waals surface area contributed by atoms with Crippen LogP contribution >= 0.6 is 11.8 Å². The van der Waals surface area contributed by atoms with Crippen LogP contribution in [-0.4, -0.2) is 50.1 Å². The molecule has 0 bridgehead atoms. The Morgan fingerprint density at radius 3 is 2.81 bits per heavy atom. The molecule has 1 N–H and O–H groups in total. The molecule has 2 rings (SSSR count). The Hall–Kier alpha value is -1.01. The van der Waals surface area contributed by atoms with E-state index in [1.807, 2.05) is 22.7 Å². The summed E-state index contributed by atoms with van der Waals surface area (Å²) in [5.41, 5.74) is 0. The number of aromatic nitrogens is 2. The highest BCUT2D eigenvalue weighted by Crippen LogP contribution is 2.29. The lowest BCUT2D eigenvalue weighted by molar-refractivity contribution is -0.130. The second-order valence-corrected chi connectivity index (χ2v) is 6.72. The first kappa shape index (κ1) is 16.4. The van der Waals surface area contributed by atoms with Gasteiger partial charge in [0.25, 0.3) is 0 Å². The molecule has 2 heterocycles. The second kappa shape index (κ2) is 7.84. The maximum Gasteiger partial charge on any atom is 0.232 e. The number of likely N-dealkylation sites (tertiary alicyclic amines) is 1. The number of carbonyl (C=O) groups is 1. The summed E-state index contributed by atoms with van der Waals surface area (Å²) in [5, 5.41) is 10.4. The summed E-state index contributed by atoms with van der Waals surface area (Å²) < 4.78 is 1.86. The number of thioether (sulfide) groups is 1. The Morgan fingerprint density at radius 1 is 1.52 bits per heavy atom. The molecule has 1 aliphatic heterocycles. The van der Waals surface area contributed by atoms with Crippen molar-refractivity contribution in [2.75, 3.05) is 24.6 Å². The number of nitrogens with zero attached hydrogens (tertiary/aromatic N) is 3. The molecule has 0 radical (unpaired) electrons. The monoisotopic (exact) mass is 311 g/mol. The van der Waals surface area contributed by atoms with Crippen molar-refractivity contribution < 1.29 is 9.90 Å². The molecule has 1 aromatic rings. The van der Waals surface area contributed by atoms with Gasteiger partial charge in [-0.15, -0.1) is 0 Å². The van der Waals surface area contributed by atoms with Crippen LogP contribution in [0.2, 0.25) is 0 Å². The molecular weight excluding hydrogens is 286 g/mol. The molecule has 0 spiro atoms. The number of carbonyl (C=O) groups excluding carboxylic acids is 1. The summed E-state index contributed by atoms with van der Waals surface area (Å²) in [6.07, 6.45) is 5.83. The van der Waals surface area contributed by atoms with Crippen LogP contribution in [0.5, 0.6) is 0 Å². The highest BCUT2D eigenvalue weighted by molar-refractivity contribution is 7.99. The van der Waals surface area contributed by atoms with Gasteiger partial charge in [0.1, 0.15) is 11.9 Å². The number of aliphatic hydroxyl groups excluding tert-OH is 1. The van der Waals surface area contributed by atoms with E-state index in [2.05, 4.69) is 11.9 Å². The van der Waals surface area contributed by atoms with Gasteiger partial charge in [-0.3, -0.25) is 4.79 Å². The van der Waals surface area contributed by atoms with Crippen molar-refractivity contribution >= 4 is 17.7 Å². The average molecular weight is 311 g/mol. The third-order valence-electron chi connectivity index (χ3n) is 4.04. The van der Waals surface area contributed by atoms with Gasteiger partial charge in [-0.05, 0) is 30.9 Å². The fraction of sp³-hybridized carbons (Fsp3) is 0.733. The summed E-state index contributed by atoms with van der Waals surface area (Å²) in [6, 6.07) is 0. The lowest BCUT2D eigenvalue weighted by atomic mass is 9.90. The summed E-state index contributed by atoms with van der Waals surface area (Å²) in [4.78, 5) is 18.2. The standard InChI is InChI=1S/C15H25N3O2S/c1-3-10-21-11-13(19)18-7-4-12(5-8-18)14(20)15-16-6-9-17(15)2/h6,9,12,14,20H,3-5,7-8,10-11H2,1-2H3. The number of rotatable bonds is 6. The molecule has 5 nitrogen and oxygen atoms in total. The van der Waals surface area contributed by atoms with Crippen molar-refractivity contribution in [3.8, 4) is 0 Å². The molecule has 1 saturated heterocycles. The maximum absolute atomic E-state index is 12.1. The zero-order valence-corrected chi connectivity index (χ0v) is 13.7. The van der Waals surface area contributed by atoms with Crippen LogP contribution in [0.4, 0.5) is 0 Å². The van der Waals surface area contributed by atoms with E-state index in [0.717, 1.165) is 43.9 Å². The highest BCUT2D eigenvalue weighted by atomic mass is 32.2. The lowest BCUT2D eigenvalue weighted by Crippen LogP contribution is -2.40. The minimum Gasteiger partial charge on any atom is -0.385 e. The smallest absolute Gasteiger partial charge is 0.232 e. The number of imidazole rings is 1. The number of aliphatic hydroxyl groups is 1. The van der Waals surface area contributed by atoms with Gasteiger partial charge < -0.3 is 14.6 Å². The van der Waals surface area contributed by atoms with Gasteiger partial charge >= 0.3 is 0 Å². The topological polar surface area (TPSA) is 58.4 Å². The Kier molecular flexibility index (Phi) is 6.11. The van der Waals surface area contributed by atoms with Crippen LogP contribution in [-0.2, 0) is 11.8 Å². The van der Waals surface area contributed by atoms with E-state index in [1.54, 1.807) is 18.0 Å². The average Bonchev–Trinajstić information content (AvgIpc) is 2.93. The van der Waals surface area contributed by atoms with E-state index in [4.69, 9.17) is 0 Å². The van der Waals surface area contributed by atoms with Gasteiger partial charge in [-0.2, -0.15) is 11.8 Å². The van der Waals surface area contributed by atoms with E-state index in [1.165, 1.54) is 0 Å². The number of hydrogen-bond donors (Lipinski definition) is 1. The minimum atomic E-state index is -0.531. The normalized spacial score (nSPS) is 18.0. The number of aryl methyl sites for hydroxylation is 1. The van der Waals surface area contributed by atoms with Crippen molar-refractivity contribution in [1.82, 2.24) is 14.5 Å². The zero-order valence-electron chi connectivity index (χ0n) is 12.9. The van der Waals surface area contributed by atoms with Crippen molar-refractivity contribution in [2.24, 2.45) is 13.0 Å². The molecular formula is C15H25N3O2S. The van der Waals surface area contributed by atoms with Crippen molar-refractivity contribution in [3.05, 3.63) is 18.2 Å². The van der Waals surface area contributed by atoms with E-state index >= 15 is 0 Å². The van der Waals surface area contributed by atoms with Crippen LogP contribution in [0.25, 0.3) is 0 Å². The van der Waals surface area contributed by atoms with Gasteiger partial charge in [-0.1, -0.05) is 6.92 Å². The SMILES string of the molecule is CCCSCC(=O)N1CCC(C(O)c2nccn2C)CC1. The lowest BCUT2D eigenvalue weighted by Gasteiger charge is -2.34. The van der Waals surface area contributed by atoms with Crippen LogP contribution in [0.15, 0.2) is 12.4 Å². The summed E-state index contributed by atoms with van der Waals surface area (Å²) >= 11 is 1.71. The van der Waals surface area contributed by atoms with Crippen molar-refractivity contribution in [3.63, 3.8) is 0 Å². The van der Waals surface area contributed by atoms with Gasteiger partial charge in [-0.25, -0.2) is 4.98 Å². The van der Waals surface area contributed by atoms with Crippen molar-refractivity contribution in [1.29, 1.82) is 0 Å². The largest absolute Gasteiger partial charge is 0.385 e. The molecule has 21 heavy (non-hydrogen) atoms. The first-order chi connectivity index (χ1) is 10.1. The molecule has 1 unspecified atom stereocenters. The first-order valence-electron chi connectivity index (χ1n) is 7.64. The Balaban J connectivity index is 1.80. The molecule has 1 atom stereocenters. The molecule has 0 aliphatic carbocycles. The van der Waals surface area contributed by atoms with E-state index in [9.17, 15) is 9.90 Å². The number of amides is 1. The Morgan fingerprint density at radius 2 is 2.24 bits per heavy atom. The molecule has 1 fully saturated rings. The van der Waals surface area contributed by atoms with Crippen LogP contribution in [0, 0.1) is 5.92 Å². The quantitative estimate of drug-likeness (QED) is 0.814. The number of piperidine rings is 1. The van der Waals surface area contributed by atoms with Crippen LogP contribution in [0.1, 0.15) is 38.1 Å². The third-order valence-corrected chi connectivity index (χ3v) is 5.18. The van der Waals surface area contributed by atoms with Crippen LogP contribution < -0.4 is 0 Å². The molecule has 1 aromatic heterocycles. The predicted octanol–water partition coefficient (Wildman–Crippen LogP) is 1.84. The summed E-state index contributed by atoms with van der Waals surface area (Å²) in [6.45, 7) is 3.62. The third kappa shape index (κ3) is 4.23. The maximum atomic E-state index is 12.1. The Labute approximate surface area is 130 Å². The molecule has 1 amide bonds. The summed E-state index contributed by atoms with van der Waals surface area (Å²) in [5.74, 6) is 2.77. The van der Waals surface area contributed by atoms with Crippen molar-refractivity contribution in [2.45, 2.75) is 32.3 Å². The van der Waals surface area contributed by atoms with E-state index in [0.29, 0.717) is 5.75 Å². The predicted molar refractivity (Wildman–Crippen MR) is 85.1 cm³/mol. The Bertz CT molecular complexity index is 456. The molecule has 0 aromatic carbocycles. The fourth-order valence-electron chi connectivity index (χ4n) is 2.73. The van der Waals surface area contributed by atoms with Gasteiger partial charge in [0.15, 0.2) is 0 Å². The first-order valence-corrected chi connectivity index (χ1v) is 8.79. The fourth-order valence-corrected chi connectivity index (χ4v) is 3.52. The highest BCUT2D eigenvalue weighted by Gasteiger charge is 2.29. The minimum absolute atomic E-state index is 0.193. The van der Waals surface area contributed by atoms with Gasteiger partial charge in [0.2, 0.25) is 5.91 Å². The second-order valence-electron chi connectivity index (χ2n) is 5.61. The molecule has 0 saturated carbocycles. The van der Waals surface area contributed by atoms with E-state index < -0.39 is 6.10 Å². The van der Waals surface area contributed by atoms with Gasteiger partial charge in [0, 0.05) is 32.5 Å².